The van der Waals surface area contributed by atoms with Gasteiger partial charge in [0.25, 0.3) is 0 Å². The summed E-state index contributed by atoms with van der Waals surface area (Å²) in [7, 11) is 0. The van der Waals surface area contributed by atoms with E-state index in [2.05, 4.69) is 21.6 Å². The Hall–Kier alpha value is -3.32. The Morgan fingerprint density at radius 3 is 2.53 bits per heavy atom. The second kappa shape index (κ2) is 7.98. The molecular weight excluding hydrogens is 426 g/mol. The molecule has 3 amide bonds. The maximum atomic E-state index is 12.9. The van der Waals surface area contributed by atoms with Gasteiger partial charge in [-0.3, -0.25) is 15.2 Å². The Bertz CT molecular complexity index is 1170. The lowest BCUT2D eigenvalue weighted by atomic mass is 9.74. The Labute approximate surface area is 191 Å². The first-order valence-corrected chi connectivity index (χ1v) is 11.1. The number of aromatic amines is 1. The minimum absolute atomic E-state index is 0.0597. The number of hydrogen-bond donors (Lipinski definition) is 2. The Morgan fingerprint density at radius 1 is 1.09 bits per heavy atom. The fourth-order valence-corrected chi connectivity index (χ4v) is 4.95. The number of nitrogens with zero attached hydrogens (tertiary/aromatic N) is 3. The molecule has 164 valence electrons. The van der Waals surface area contributed by atoms with Gasteiger partial charge in [-0.05, 0) is 42.2 Å². The number of halogens is 1. The highest BCUT2D eigenvalue weighted by molar-refractivity contribution is 6.30. The van der Waals surface area contributed by atoms with Crippen molar-refractivity contribution in [1.29, 1.82) is 0 Å². The molecule has 1 saturated heterocycles. The maximum absolute atomic E-state index is 12.9. The van der Waals surface area contributed by atoms with E-state index in [0.29, 0.717) is 30.5 Å². The van der Waals surface area contributed by atoms with E-state index >= 15 is 0 Å². The summed E-state index contributed by atoms with van der Waals surface area (Å²) in [6.45, 7) is 3.54. The second-order valence-electron chi connectivity index (χ2n) is 8.49. The maximum Gasteiger partial charge on any atom is 0.323 e. The van der Waals surface area contributed by atoms with Crippen molar-refractivity contribution in [3.05, 3.63) is 65.2 Å². The van der Waals surface area contributed by atoms with Crippen LogP contribution in [-0.4, -0.2) is 46.7 Å². The number of piperidine rings is 1. The van der Waals surface area contributed by atoms with Crippen molar-refractivity contribution in [3.63, 3.8) is 0 Å². The van der Waals surface area contributed by atoms with Crippen LogP contribution in [0.15, 0.2) is 54.6 Å². The number of anilines is 2. The van der Waals surface area contributed by atoms with Crippen molar-refractivity contribution >= 4 is 35.0 Å². The van der Waals surface area contributed by atoms with E-state index in [4.69, 9.17) is 11.6 Å². The summed E-state index contributed by atoms with van der Waals surface area (Å²) in [5.41, 5.74) is 3.88. The number of rotatable bonds is 2. The molecule has 0 aliphatic carbocycles. The number of aromatic nitrogens is 2. The number of hydrogen-bond acceptors (Lipinski definition) is 3. The third kappa shape index (κ3) is 3.62. The number of benzene rings is 2. The monoisotopic (exact) mass is 449 g/mol. The molecule has 2 aliphatic heterocycles. The fraction of sp³-hybridized carbons (Fsp3) is 0.292. The minimum atomic E-state index is -0.163. The third-order valence-corrected chi connectivity index (χ3v) is 6.83. The molecule has 2 aliphatic rings. The van der Waals surface area contributed by atoms with E-state index in [-0.39, 0.29) is 17.4 Å². The first kappa shape index (κ1) is 20.6. The lowest BCUT2D eigenvalue weighted by molar-refractivity contribution is -0.116. The molecule has 3 aromatic rings. The lowest BCUT2D eigenvalue weighted by Gasteiger charge is -2.39. The predicted molar refractivity (Wildman–Crippen MR) is 125 cm³/mol. The molecule has 1 fully saturated rings. The molecule has 3 heterocycles. The molecule has 0 radical (unpaired) electrons. The molecule has 1 aromatic heterocycles. The normalized spacial score (nSPS) is 16.8. The van der Waals surface area contributed by atoms with Gasteiger partial charge < -0.3 is 9.80 Å². The first-order valence-electron chi connectivity index (χ1n) is 10.7. The average molecular weight is 450 g/mol. The van der Waals surface area contributed by atoms with Crippen LogP contribution in [0, 0.1) is 0 Å². The Kier molecular flexibility index (Phi) is 5.13. The van der Waals surface area contributed by atoms with Crippen LogP contribution in [0.25, 0.3) is 11.3 Å². The van der Waals surface area contributed by atoms with Gasteiger partial charge in [-0.1, -0.05) is 41.9 Å². The number of urea groups is 1. The van der Waals surface area contributed by atoms with Crippen LogP contribution in [0.2, 0.25) is 5.02 Å². The molecule has 5 rings (SSSR count). The smallest absolute Gasteiger partial charge is 0.323 e. The molecular formula is C24H24ClN5O2. The minimum Gasteiger partial charge on any atom is -0.324 e. The lowest BCUT2D eigenvalue weighted by Crippen LogP contribution is -2.48. The van der Waals surface area contributed by atoms with Gasteiger partial charge in [0.05, 0.1) is 5.69 Å². The molecule has 1 spiro atoms. The van der Waals surface area contributed by atoms with Crippen LogP contribution in [0.4, 0.5) is 16.3 Å². The highest BCUT2D eigenvalue weighted by Gasteiger charge is 2.46. The standard InChI is InChI=1S/C24H24ClN5O2/c1-16(31)30-15-24(19-4-2-3-5-21(19)30)10-12-29(13-11-24)23(32)26-22-14-20(27-28-22)17-6-8-18(25)9-7-17/h2-9,14H,10-13,15H2,1H3,(H2,26,27,28,32). The third-order valence-electron chi connectivity index (χ3n) is 6.58. The van der Waals surface area contributed by atoms with Crippen LogP contribution < -0.4 is 10.2 Å². The zero-order valence-corrected chi connectivity index (χ0v) is 18.5. The molecule has 2 aromatic carbocycles. The Morgan fingerprint density at radius 2 is 1.81 bits per heavy atom. The van der Waals surface area contributed by atoms with Gasteiger partial charge in [-0.15, -0.1) is 0 Å². The van der Waals surface area contributed by atoms with Crippen molar-refractivity contribution in [2.24, 2.45) is 0 Å². The summed E-state index contributed by atoms with van der Waals surface area (Å²) < 4.78 is 0. The number of carbonyl (C=O) groups excluding carboxylic acids is 2. The topological polar surface area (TPSA) is 81.3 Å². The van der Waals surface area contributed by atoms with Crippen LogP contribution in [0.5, 0.6) is 0 Å². The van der Waals surface area contributed by atoms with E-state index in [1.54, 1.807) is 6.92 Å². The molecule has 0 saturated carbocycles. The summed E-state index contributed by atoms with van der Waals surface area (Å²) in [4.78, 5) is 28.7. The summed E-state index contributed by atoms with van der Waals surface area (Å²) in [6.07, 6.45) is 1.63. The number of carbonyl (C=O) groups is 2. The highest BCUT2D eigenvalue weighted by atomic mass is 35.5. The van der Waals surface area contributed by atoms with Gasteiger partial charge in [0.1, 0.15) is 0 Å². The summed E-state index contributed by atoms with van der Waals surface area (Å²) >= 11 is 5.95. The molecule has 0 atom stereocenters. The second-order valence-corrected chi connectivity index (χ2v) is 8.93. The number of para-hydroxylation sites is 1. The van der Waals surface area contributed by atoms with Crippen LogP contribution in [0.1, 0.15) is 25.3 Å². The summed E-state index contributed by atoms with van der Waals surface area (Å²) in [6, 6.07) is 17.2. The van der Waals surface area contributed by atoms with Gasteiger partial charge in [-0.25, -0.2) is 4.79 Å². The van der Waals surface area contributed by atoms with Crippen molar-refractivity contribution in [3.8, 4) is 11.3 Å². The zero-order chi connectivity index (χ0) is 22.3. The highest BCUT2D eigenvalue weighted by Crippen LogP contribution is 2.47. The van der Waals surface area contributed by atoms with Crippen molar-refractivity contribution in [2.45, 2.75) is 25.2 Å². The fourth-order valence-electron chi connectivity index (χ4n) is 4.83. The van der Waals surface area contributed by atoms with E-state index in [9.17, 15) is 9.59 Å². The quantitative estimate of drug-likeness (QED) is 0.596. The molecule has 8 heteroatoms. The molecule has 7 nitrogen and oxygen atoms in total. The number of amides is 3. The summed E-state index contributed by atoms with van der Waals surface area (Å²) in [5.74, 6) is 0.540. The van der Waals surface area contributed by atoms with Gasteiger partial charge in [0, 0.05) is 48.7 Å². The SMILES string of the molecule is CC(=O)N1CC2(CCN(C(=O)Nc3cc(-c4ccc(Cl)cc4)[nH]n3)CC2)c2ccccc21. The number of nitrogens with one attached hydrogen (secondary N) is 2. The largest absolute Gasteiger partial charge is 0.324 e. The number of fused-ring (bicyclic) bond motifs is 2. The van der Waals surface area contributed by atoms with E-state index in [1.807, 2.05) is 58.3 Å². The van der Waals surface area contributed by atoms with Crippen LogP contribution in [0.3, 0.4) is 0 Å². The summed E-state index contributed by atoms with van der Waals surface area (Å²) in [5, 5.41) is 10.7. The Balaban J connectivity index is 1.25. The predicted octanol–water partition coefficient (Wildman–Crippen LogP) is 4.66. The van der Waals surface area contributed by atoms with E-state index in [0.717, 1.165) is 29.8 Å². The molecule has 32 heavy (non-hydrogen) atoms. The molecule has 2 N–H and O–H groups in total. The molecule has 0 unspecified atom stereocenters. The van der Waals surface area contributed by atoms with Gasteiger partial charge in [0.15, 0.2) is 5.82 Å². The van der Waals surface area contributed by atoms with Gasteiger partial charge in [0.2, 0.25) is 5.91 Å². The van der Waals surface area contributed by atoms with Crippen molar-refractivity contribution < 1.29 is 9.59 Å². The van der Waals surface area contributed by atoms with E-state index in [1.165, 1.54) is 5.56 Å². The number of likely N-dealkylation sites (tertiary alicyclic amines) is 1. The van der Waals surface area contributed by atoms with Gasteiger partial charge >= 0.3 is 6.03 Å². The van der Waals surface area contributed by atoms with Crippen LogP contribution >= 0.6 is 11.6 Å². The number of H-pyrrole nitrogens is 1. The van der Waals surface area contributed by atoms with Crippen molar-refractivity contribution in [1.82, 2.24) is 15.1 Å². The van der Waals surface area contributed by atoms with E-state index < -0.39 is 0 Å². The first-order chi connectivity index (χ1) is 15.4. The average Bonchev–Trinajstić information content (AvgIpc) is 3.38. The van der Waals surface area contributed by atoms with Crippen molar-refractivity contribution in [2.75, 3.05) is 29.9 Å². The van der Waals surface area contributed by atoms with Gasteiger partial charge in [-0.2, -0.15) is 5.10 Å². The van der Waals surface area contributed by atoms with Crippen LogP contribution in [-0.2, 0) is 10.2 Å². The zero-order valence-electron chi connectivity index (χ0n) is 17.8. The molecule has 0 bridgehead atoms.